The zero-order valence-corrected chi connectivity index (χ0v) is 14.9. The summed E-state index contributed by atoms with van der Waals surface area (Å²) in [5.41, 5.74) is 2.15. The van der Waals surface area contributed by atoms with E-state index in [-0.39, 0.29) is 17.7 Å². The molecule has 2 amide bonds. The number of fused-ring (bicyclic) bond motifs is 1. The Hall–Kier alpha value is -2.73. The van der Waals surface area contributed by atoms with Gasteiger partial charge in [0.25, 0.3) is 0 Å². The van der Waals surface area contributed by atoms with Gasteiger partial charge in [-0.25, -0.2) is 9.78 Å². The van der Waals surface area contributed by atoms with Crippen molar-refractivity contribution in [3.63, 3.8) is 0 Å². The van der Waals surface area contributed by atoms with Crippen molar-refractivity contribution in [1.29, 1.82) is 0 Å². The average Bonchev–Trinajstić information content (AvgIpc) is 3.04. The quantitative estimate of drug-likeness (QED) is 0.667. The summed E-state index contributed by atoms with van der Waals surface area (Å²) in [6, 6.07) is 14.6. The second-order valence-corrected chi connectivity index (χ2v) is 6.96. The Balaban J connectivity index is 1.58. The van der Waals surface area contributed by atoms with E-state index in [9.17, 15) is 9.59 Å². The van der Waals surface area contributed by atoms with Gasteiger partial charge < -0.3 is 10.6 Å². The highest BCUT2D eigenvalue weighted by molar-refractivity contribution is 7.18. The number of anilines is 1. The molecule has 1 unspecified atom stereocenters. The van der Waals surface area contributed by atoms with Gasteiger partial charge in [-0.1, -0.05) is 31.2 Å². The van der Waals surface area contributed by atoms with Gasteiger partial charge in [0.2, 0.25) is 0 Å². The number of para-hydroxylation sites is 1. The van der Waals surface area contributed by atoms with Crippen molar-refractivity contribution in [2.45, 2.75) is 19.8 Å². The predicted molar refractivity (Wildman–Crippen MR) is 102 cm³/mol. The Bertz CT molecular complexity index is 887. The second kappa shape index (κ2) is 7.44. The Morgan fingerprint density at radius 3 is 2.72 bits per heavy atom. The zero-order valence-electron chi connectivity index (χ0n) is 14.1. The Morgan fingerprint density at radius 1 is 1.16 bits per heavy atom. The summed E-state index contributed by atoms with van der Waals surface area (Å²) in [6.45, 7) is 4.02. The molecule has 0 aliphatic carbocycles. The minimum atomic E-state index is -0.298. The molecule has 0 aliphatic rings. The number of carbonyl (C=O) groups is 2. The van der Waals surface area contributed by atoms with Gasteiger partial charge in [-0.15, -0.1) is 11.3 Å². The van der Waals surface area contributed by atoms with Gasteiger partial charge in [0.1, 0.15) is 0 Å². The van der Waals surface area contributed by atoms with Crippen LogP contribution in [0.25, 0.3) is 10.2 Å². The van der Waals surface area contributed by atoms with Crippen molar-refractivity contribution in [2.75, 3.05) is 11.9 Å². The first kappa shape index (κ1) is 17.1. The Morgan fingerprint density at radius 2 is 1.96 bits per heavy atom. The minimum absolute atomic E-state index is 0.0338. The molecule has 0 fully saturated rings. The van der Waals surface area contributed by atoms with Gasteiger partial charge in [0.05, 0.1) is 15.2 Å². The largest absolute Gasteiger partial charge is 0.337 e. The van der Waals surface area contributed by atoms with Crippen molar-refractivity contribution in [3.05, 3.63) is 59.1 Å². The molecule has 2 N–H and O–H groups in total. The molecule has 0 spiro atoms. The number of amides is 2. The molecule has 6 heteroatoms. The van der Waals surface area contributed by atoms with Crippen LogP contribution in [-0.2, 0) is 0 Å². The number of aromatic nitrogens is 1. The monoisotopic (exact) mass is 353 g/mol. The molecule has 0 bridgehead atoms. The molecule has 3 rings (SSSR count). The molecule has 1 atom stereocenters. The molecule has 0 radical (unpaired) electrons. The maximum atomic E-state index is 12.1. The lowest BCUT2D eigenvalue weighted by atomic mass is 10.1. The summed E-state index contributed by atoms with van der Waals surface area (Å²) in [7, 11) is 0. The highest BCUT2D eigenvalue weighted by atomic mass is 32.1. The van der Waals surface area contributed by atoms with E-state index in [0.29, 0.717) is 17.8 Å². The van der Waals surface area contributed by atoms with Crippen molar-refractivity contribution in [2.24, 2.45) is 0 Å². The summed E-state index contributed by atoms with van der Waals surface area (Å²) in [6.07, 6.45) is 0. The summed E-state index contributed by atoms with van der Waals surface area (Å²) in [5.74, 6) is 0.0835. The van der Waals surface area contributed by atoms with Gasteiger partial charge in [0, 0.05) is 23.7 Å². The maximum Gasteiger partial charge on any atom is 0.319 e. The number of hydrogen-bond acceptors (Lipinski definition) is 4. The van der Waals surface area contributed by atoms with E-state index in [0.717, 1.165) is 15.2 Å². The third-order valence-electron chi connectivity index (χ3n) is 3.83. The number of rotatable bonds is 5. The lowest BCUT2D eigenvalue weighted by molar-refractivity contribution is 0.101. The highest BCUT2D eigenvalue weighted by Crippen LogP contribution is 2.26. The molecule has 5 nitrogen and oxygen atoms in total. The SMILES string of the molecule is CC(=O)c1cccc(NC(=O)NCC(C)c2nc3ccccc3s2)c1. The maximum absolute atomic E-state index is 12.1. The number of benzene rings is 2. The standard InChI is InChI=1S/C19H19N3O2S/c1-12(18-22-16-8-3-4-9-17(16)25-18)11-20-19(24)21-15-7-5-6-14(10-15)13(2)23/h3-10,12H,11H2,1-2H3,(H2,20,21,24). The molecule has 0 saturated heterocycles. The number of nitrogens with one attached hydrogen (secondary N) is 2. The first-order valence-corrected chi connectivity index (χ1v) is 8.86. The van der Waals surface area contributed by atoms with E-state index < -0.39 is 0 Å². The van der Waals surface area contributed by atoms with E-state index in [1.807, 2.05) is 31.2 Å². The van der Waals surface area contributed by atoms with Crippen molar-refractivity contribution < 1.29 is 9.59 Å². The first-order chi connectivity index (χ1) is 12.0. The molecule has 25 heavy (non-hydrogen) atoms. The van der Waals surface area contributed by atoms with Crippen LogP contribution in [0.4, 0.5) is 10.5 Å². The molecule has 1 heterocycles. The molecule has 128 valence electrons. The van der Waals surface area contributed by atoms with Crippen molar-refractivity contribution >= 4 is 39.1 Å². The van der Waals surface area contributed by atoms with Gasteiger partial charge >= 0.3 is 6.03 Å². The van der Waals surface area contributed by atoms with Crippen LogP contribution >= 0.6 is 11.3 Å². The molecule has 1 aromatic heterocycles. The Kier molecular flexibility index (Phi) is 5.09. The van der Waals surface area contributed by atoms with Crippen LogP contribution in [0, 0.1) is 0 Å². The van der Waals surface area contributed by atoms with Crippen LogP contribution < -0.4 is 10.6 Å². The summed E-state index contributed by atoms with van der Waals surface area (Å²) in [4.78, 5) is 28.1. The van der Waals surface area contributed by atoms with Gasteiger partial charge in [-0.2, -0.15) is 0 Å². The van der Waals surface area contributed by atoms with Crippen LogP contribution in [0.2, 0.25) is 0 Å². The molecular formula is C19H19N3O2S. The van der Waals surface area contributed by atoms with Crippen molar-refractivity contribution in [1.82, 2.24) is 10.3 Å². The van der Waals surface area contributed by atoms with Gasteiger partial charge in [-0.05, 0) is 31.2 Å². The van der Waals surface area contributed by atoms with Crippen LogP contribution in [-0.4, -0.2) is 23.3 Å². The van der Waals surface area contributed by atoms with Gasteiger partial charge in [-0.3, -0.25) is 4.79 Å². The lowest BCUT2D eigenvalue weighted by Gasteiger charge is -2.11. The van der Waals surface area contributed by atoms with E-state index in [1.54, 1.807) is 35.6 Å². The number of urea groups is 1. The molecule has 3 aromatic rings. The second-order valence-electron chi connectivity index (χ2n) is 5.89. The highest BCUT2D eigenvalue weighted by Gasteiger charge is 2.13. The molecule has 0 aliphatic heterocycles. The lowest BCUT2D eigenvalue weighted by Crippen LogP contribution is -2.31. The van der Waals surface area contributed by atoms with E-state index >= 15 is 0 Å². The number of Topliss-reactive ketones (excluding diaryl/α,β-unsaturated/α-hetero) is 1. The number of ketones is 1. The van der Waals surface area contributed by atoms with Crippen molar-refractivity contribution in [3.8, 4) is 0 Å². The average molecular weight is 353 g/mol. The van der Waals surface area contributed by atoms with Crippen LogP contribution in [0.1, 0.15) is 35.1 Å². The van der Waals surface area contributed by atoms with Crippen LogP contribution in [0.15, 0.2) is 48.5 Å². The van der Waals surface area contributed by atoms with E-state index in [1.165, 1.54) is 6.92 Å². The fourth-order valence-electron chi connectivity index (χ4n) is 2.43. The topological polar surface area (TPSA) is 71.1 Å². The van der Waals surface area contributed by atoms with Gasteiger partial charge in [0.15, 0.2) is 5.78 Å². The van der Waals surface area contributed by atoms with E-state index in [2.05, 4.69) is 15.6 Å². The number of carbonyl (C=O) groups excluding carboxylic acids is 2. The molecule has 2 aromatic carbocycles. The third kappa shape index (κ3) is 4.22. The summed E-state index contributed by atoms with van der Waals surface area (Å²) >= 11 is 1.65. The molecular weight excluding hydrogens is 334 g/mol. The smallest absolute Gasteiger partial charge is 0.319 e. The normalized spacial score (nSPS) is 11.9. The molecule has 0 saturated carbocycles. The predicted octanol–water partition coefficient (Wildman–Crippen LogP) is 4.42. The first-order valence-electron chi connectivity index (χ1n) is 8.04. The number of nitrogens with zero attached hydrogens (tertiary/aromatic N) is 1. The minimum Gasteiger partial charge on any atom is -0.337 e. The van der Waals surface area contributed by atoms with Crippen LogP contribution in [0.5, 0.6) is 0 Å². The number of hydrogen-bond donors (Lipinski definition) is 2. The third-order valence-corrected chi connectivity index (χ3v) is 5.10. The fraction of sp³-hybridized carbons (Fsp3) is 0.211. The number of thiazole rings is 1. The Labute approximate surface area is 150 Å². The zero-order chi connectivity index (χ0) is 17.8. The summed E-state index contributed by atoms with van der Waals surface area (Å²) in [5, 5.41) is 6.61. The van der Waals surface area contributed by atoms with E-state index in [4.69, 9.17) is 0 Å². The fourth-order valence-corrected chi connectivity index (χ4v) is 3.44. The summed E-state index contributed by atoms with van der Waals surface area (Å²) < 4.78 is 1.15. The van der Waals surface area contributed by atoms with Crippen LogP contribution in [0.3, 0.4) is 0 Å².